The summed E-state index contributed by atoms with van der Waals surface area (Å²) in [6, 6.07) is 0. The molecule has 2 rings (SSSR count). The fourth-order valence-corrected chi connectivity index (χ4v) is 1.34. The van der Waals surface area contributed by atoms with Gasteiger partial charge in [0.1, 0.15) is 0 Å². The number of hydrogen-bond donors (Lipinski definition) is 0. The van der Waals surface area contributed by atoms with Crippen LogP contribution in [0.5, 0.6) is 0 Å². The molecule has 0 unspecified atom stereocenters. The third-order valence-electron chi connectivity index (χ3n) is 2.30. The van der Waals surface area contributed by atoms with Gasteiger partial charge in [0.25, 0.3) is 0 Å². The van der Waals surface area contributed by atoms with Gasteiger partial charge in [-0.25, -0.2) is 0 Å². The van der Waals surface area contributed by atoms with Crippen molar-refractivity contribution in [1.82, 2.24) is 19.9 Å². The molecule has 18 heavy (non-hydrogen) atoms. The molecule has 0 N–H and O–H groups in total. The molecule has 0 aliphatic rings. The minimum atomic E-state index is 0.813. The Balaban J connectivity index is 0.000000184. The summed E-state index contributed by atoms with van der Waals surface area (Å²) in [6.07, 6.45) is 9.36. The minimum absolute atomic E-state index is 0.813. The molecule has 4 nitrogen and oxygen atoms in total. The van der Waals surface area contributed by atoms with Gasteiger partial charge in [0.15, 0.2) is 0 Å². The van der Waals surface area contributed by atoms with Crippen molar-refractivity contribution in [2.24, 2.45) is 0 Å². The lowest BCUT2D eigenvalue weighted by Gasteiger charge is -2.00. The van der Waals surface area contributed by atoms with Crippen LogP contribution in [0.4, 0.5) is 0 Å². The maximum atomic E-state index is 4.33. The van der Waals surface area contributed by atoms with Crippen LogP contribution in [0.15, 0.2) is 31.4 Å². The Labute approximate surface area is 108 Å². The van der Waals surface area contributed by atoms with Crippen LogP contribution in [0.1, 0.15) is 29.7 Å². The Kier molecular flexibility index (Phi) is 5.64. The molecule has 0 amide bonds. The van der Waals surface area contributed by atoms with Gasteiger partial charge in [0.05, 0.1) is 29.0 Å². The number of hydrogen-bond acceptors (Lipinski definition) is 4. The summed E-state index contributed by atoms with van der Waals surface area (Å²) in [7, 11) is 0. The fourth-order valence-electron chi connectivity index (χ4n) is 1.34. The van der Waals surface area contributed by atoms with Crippen LogP contribution >= 0.6 is 0 Å². The lowest BCUT2D eigenvalue weighted by molar-refractivity contribution is 0.930. The van der Waals surface area contributed by atoms with Gasteiger partial charge >= 0.3 is 0 Å². The van der Waals surface area contributed by atoms with E-state index < -0.39 is 0 Å². The largest absolute Gasteiger partial charge is 0.261 e. The predicted octanol–water partition coefficient (Wildman–Crippen LogP) is 2.78. The van der Waals surface area contributed by atoms with Crippen LogP contribution in [0.3, 0.4) is 0 Å². The first-order chi connectivity index (χ1) is 8.67. The van der Waals surface area contributed by atoms with Gasteiger partial charge in [0, 0.05) is 18.6 Å². The van der Waals surface area contributed by atoms with Gasteiger partial charge in [-0.15, -0.1) is 0 Å². The number of rotatable bonds is 2. The van der Waals surface area contributed by atoms with E-state index in [1.165, 1.54) is 0 Å². The van der Waals surface area contributed by atoms with Crippen molar-refractivity contribution in [3.63, 3.8) is 0 Å². The second kappa shape index (κ2) is 7.27. The van der Waals surface area contributed by atoms with Gasteiger partial charge in [-0.2, -0.15) is 0 Å². The smallest absolute Gasteiger partial charge is 0.0807 e. The summed E-state index contributed by atoms with van der Waals surface area (Å²) in [6.45, 7) is 9.58. The van der Waals surface area contributed by atoms with Crippen LogP contribution in [0, 0.1) is 13.8 Å². The molecule has 0 aliphatic carbocycles. The molecule has 0 aliphatic heterocycles. The van der Waals surface area contributed by atoms with Gasteiger partial charge in [-0.3, -0.25) is 19.9 Å². The molecule has 4 heteroatoms. The highest BCUT2D eigenvalue weighted by molar-refractivity contribution is 5.38. The van der Waals surface area contributed by atoms with E-state index in [1.54, 1.807) is 30.9 Å². The van der Waals surface area contributed by atoms with Crippen LogP contribution < -0.4 is 0 Å². The molecule has 2 heterocycles. The molecular formula is C14H18N4. The predicted molar refractivity (Wildman–Crippen MR) is 73.0 cm³/mol. The molecule has 0 fully saturated rings. The average molecular weight is 242 g/mol. The van der Waals surface area contributed by atoms with E-state index in [1.807, 2.05) is 13.8 Å². The molecule has 0 aromatic carbocycles. The van der Waals surface area contributed by atoms with Gasteiger partial charge in [0.2, 0.25) is 0 Å². The number of nitrogens with zero attached hydrogens (tertiary/aromatic N) is 4. The monoisotopic (exact) mass is 242 g/mol. The van der Waals surface area contributed by atoms with E-state index in [9.17, 15) is 0 Å². The zero-order chi connectivity index (χ0) is 13.4. The summed E-state index contributed by atoms with van der Waals surface area (Å²) in [5, 5.41) is 0. The summed E-state index contributed by atoms with van der Waals surface area (Å²) in [5.41, 5.74) is 3.98. The van der Waals surface area contributed by atoms with Gasteiger partial charge < -0.3 is 0 Å². The molecule has 0 bridgehead atoms. The number of aryl methyl sites for hydroxylation is 3. The summed E-state index contributed by atoms with van der Waals surface area (Å²) >= 11 is 0. The van der Waals surface area contributed by atoms with Crippen molar-refractivity contribution < 1.29 is 0 Å². The quantitative estimate of drug-likeness (QED) is 0.812. The number of aromatic nitrogens is 4. The summed E-state index contributed by atoms with van der Waals surface area (Å²) < 4.78 is 0. The molecular weight excluding hydrogens is 224 g/mol. The molecule has 0 radical (unpaired) electrons. The normalized spacial score (nSPS) is 9.28. The van der Waals surface area contributed by atoms with Crippen molar-refractivity contribution >= 4 is 6.08 Å². The topological polar surface area (TPSA) is 51.6 Å². The first kappa shape index (κ1) is 14.0. The standard InChI is InChI=1S/C8H12N2.C6H6N2/c1-4-8-7(3)9-5-6(2)10-8;1-2-6-5-7-3-4-8-6/h5H,4H2,1-3H3;2-5H,1H2. The molecule has 0 saturated carbocycles. The van der Waals surface area contributed by atoms with Crippen molar-refractivity contribution in [1.29, 1.82) is 0 Å². The third-order valence-corrected chi connectivity index (χ3v) is 2.30. The zero-order valence-corrected chi connectivity index (χ0v) is 11.1. The lowest BCUT2D eigenvalue weighted by Crippen LogP contribution is -1.96. The highest BCUT2D eigenvalue weighted by Gasteiger charge is 1.96. The van der Waals surface area contributed by atoms with E-state index in [2.05, 4.69) is 33.4 Å². The Morgan fingerprint density at radius 2 is 1.94 bits per heavy atom. The van der Waals surface area contributed by atoms with Crippen LogP contribution in [0.2, 0.25) is 0 Å². The van der Waals surface area contributed by atoms with Gasteiger partial charge in [-0.05, 0) is 26.3 Å². The minimum Gasteiger partial charge on any atom is -0.261 e. The van der Waals surface area contributed by atoms with Gasteiger partial charge in [-0.1, -0.05) is 13.5 Å². The Morgan fingerprint density at radius 3 is 2.39 bits per heavy atom. The Hall–Kier alpha value is -2.10. The van der Waals surface area contributed by atoms with Crippen molar-refractivity contribution in [2.75, 3.05) is 0 Å². The van der Waals surface area contributed by atoms with E-state index in [-0.39, 0.29) is 0 Å². The molecule has 0 spiro atoms. The van der Waals surface area contributed by atoms with Crippen molar-refractivity contribution in [2.45, 2.75) is 27.2 Å². The Bertz CT molecular complexity index is 494. The molecule has 0 saturated heterocycles. The van der Waals surface area contributed by atoms with Crippen molar-refractivity contribution in [3.8, 4) is 0 Å². The van der Waals surface area contributed by atoms with Crippen molar-refractivity contribution in [3.05, 3.63) is 54.1 Å². The summed E-state index contributed by atoms with van der Waals surface area (Å²) in [5.74, 6) is 0. The summed E-state index contributed by atoms with van der Waals surface area (Å²) in [4.78, 5) is 16.3. The van der Waals surface area contributed by atoms with E-state index in [4.69, 9.17) is 0 Å². The second-order valence-electron chi connectivity index (χ2n) is 3.73. The fraction of sp³-hybridized carbons (Fsp3) is 0.286. The highest BCUT2D eigenvalue weighted by atomic mass is 14.8. The molecule has 2 aromatic rings. The molecule has 2 aromatic heterocycles. The van der Waals surface area contributed by atoms with E-state index in [0.29, 0.717) is 0 Å². The first-order valence-corrected chi connectivity index (χ1v) is 5.85. The zero-order valence-electron chi connectivity index (χ0n) is 11.1. The van der Waals surface area contributed by atoms with E-state index >= 15 is 0 Å². The molecule has 0 atom stereocenters. The van der Waals surface area contributed by atoms with Crippen LogP contribution in [0.25, 0.3) is 6.08 Å². The van der Waals surface area contributed by atoms with Crippen LogP contribution in [-0.4, -0.2) is 19.9 Å². The maximum Gasteiger partial charge on any atom is 0.0807 e. The maximum absolute atomic E-state index is 4.33. The van der Waals surface area contributed by atoms with E-state index in [0.717, 1.165) is 29.2 Å². The third kappa shape index (κ3) is 4.41. The Morgan fingerprint density at radius 1 is 1.17 bits per heavy atom. The second-order valence-corrected chi connectivity index (χ2v) is 3.73. The first-order valence-electron chi connectivity index (χ1n) is 5.85. The molecule has 94 valence electrons. The van der Waals surface area contributed by atoms with Crippen LogP contribution in [-0.2, 0) is 6.42 Å². The SMILES string of the molecule is C=Cc1cnccn1.CCc1nc(C)cnc1C. The lowest BCUT2D eigenvalue weighted by atomic mass is 10.2. The highest BCUT2D eigenvalue weighted by Crippen LogP contribution is 2.01. The average Bonchev–Trinajstić information content (AvgIpc) is 2.43.